The lowest BCUT2D eigenvalue weighted by Gasteiger charge is -2.17. The highest BCUT2D eigenvalue weighted by Gasteiger charge is 2.44. The third-order valence-electron chi connectivity index (χ3n) is 3.69. The number of hydrogen-bond donors (Lipinski definition) is 3. The van der Waals surface area contributed by atoms with Gasteiger partial charge in [0.15, 0.2) is 11.5 Å². The summed E-state index contributed by atoms with van der Waals surface area (Å²) >= 11 is 0. The number of nitrogens with two attached hydrogens (primary N) is 1. The Labute approximate surface area is 107 Å². The Balaban J connectivity index is 2.04. The predicted octanol–water partition coefficient (Wildman–Crippen LogP) is -0.339. The Morgan fingerprint density at radius 3 is 2.89 bits per heavy atom. The van der Waals surface area contributed by atoms with Crippen LogP contribution in [0.4, 0.5) is 10.2 Å². The fourth-order valence-corrected chi connectivity index (χ4v) is 2.64. The summed E-state index contributed by atoms with van der Waals surface area (Å²) in [6, 6.07) is -0.508. The van der Waals surface area contributed by atoms with Crippen LogP contribution in [0.2, 0.25) is 0 Å². The van der Waals surface area contributed by atoms with Gasteiger partial charge in [-0.3, -0.25) is 0 Å². The van der Waals surface area contributed by atoms with Gasteiger partial charge in [-0.25, -0.2) is 19.3 Å². The Morgan fingerprint density at radius 1 is 1.42 bits per heavy atom. The van der Waals surface area contributed by atoms with Gasteiger partial charge < -0.3 is 20.5 Å². The molecule has 1 aliphatic carbocycles. The second-order valence-electron chi connectivity index (χ2n) is 4.76. The first-order chi connectivity index (χ1) is 9.13. The van der Waals surface area contributed by atoms with Gasteiger partial charge in [-0.2, -0.15) is 0 Å². The fraction of sp³-hybridized carbons (Fsp3) is 0.545. The van der Waals surface area contributed by atoms with Crippen molar-refractivity contribution in [2.75, 3.05) is 12.3 Å². The van der Waals surface area contributed by atoms with Crippen molar-refractivity contribution < 1.29 is 14.6 Å². The van der Waals surface area contributed by atoms with Gasteiger partial charge in [0.1, 0.15) is 24.1 Å². The summed E-state index contributed by atoms with van der Waals surface area (Å²) in [5, 5.41) is 19.1. The van der Waals surface area contributed by atoms with E-state index in [4.69, 9.17) is 10.8 Å². The lowest BCUT2D eigenvalue weighted by atomic mass is 10.1. The number of aliphatic hydroxyl groups is 2. The minimum atomic E-state index is -1.45. The zero-order chi connectivity index (χ0) is 13.6. The summed E-state index contributed by atoms with van der Waals surface area (Å²) < 4.78 is 15.4. The quantitative estimate of drug-likeness (QED) is 0.686. The van der Waals surface area contributed by atoms with Gasteiger partial charge in [0, 0.05) is 12.5 Å². The summed E-state index contributed by atoms with van der Waals surface area (Å²) in [4.78, 5) is 12.0. The third-order valence-corrected chi connectivity index (χ3v) is 3.69. The first-order valence-corrected chi connectivity index (χ1v) is 5.99. The van der Waals surface area contributed by atoms with E-state index in [9.17, 15) is 9.50 Å². The van der Waals surface area contributed by atoms with E-state index < -0.39 is 24.2 Å². The van der Waals surface area contributed by atoms with E-state index in [2.05, 4.69) is 15.0 Å². The van der Waals surface area contributed by atoms with Crippen LogP contribution in [-0.2, 0) is 0 Å². The number of halogens is 1. The monoisotopic (exact) mass is 267 g/mol. The van der Waals surface area contributed by atoms with Gasteiger partial charge in [0.05, 0.1) is 12.4 Å². The number of imidazole rings is 1. The van der Waals surface area contributed by atoms with Crippen molar-refractivity contribution in [1.82, 2.24) is 19.5 Å². The van der Waals surface area contributed by atoms with Gasteiger partial charge in [-0.1, -0.05) is 0 Å². The highest BCUT2D eigenvalue weighted by atomic mass is 19.1. The molecule has 2 aromatic rings. The molecule has 0 aliphatic heterocycles. The number of anilines is 1. The highest BCUT2D eigenvalue weighted by Crippen LogP contribution is 2.38. The molecule has 0 saturated heterocycles. The van der Waals surface area contributed by atoms with Gasteiger partial charge in [-0.05, 0) is 6.42 Å². The molecular weight excluding hydrogens is 253 g/mol. The molecule has 0 bridgehead atoms. The molecule has 2 aromatic heterocycles. The molecule has 0 aromatic carbocycles. The van der Waals surface area contributed by atoms with Gasteiger partial charge >= 0.3 is 0 Å². The molecule has 8 heteroatoms. The van der Waals surface area contributed by atoms with Crippen molar-refractivity contribution in [1.29, 1.82) is 0 Å². The van der Waals surface area contributed by atoms with E-state index >= 15 is 0 Å². The Kier molecular flexibility index (Phi) is 2.83. The minimum absolute atomic E-state index is 0.242. The Hall–Kier alpha value is -1.80. The number of aliphatic hydroxyl groups excluding tert-OH is 2. The summed E-state index contributed by atoms with van der Waals surface area (Å²) in [5.41, 5.74) is 6.57. The molecule has 4 N–H and O–H groups in total. The summed E-state index contributed by atoms with van der Waals surface area (Å²) in [6.07, 6.45) is 0.454. The third kappa shape index (κ3) is 1.75. The maximum Gasteiger partial charge on any atom is 0.165 e. The lowest BCUT2D eigenvalue weighted by Crippen LogP contribution is -2.27. The van der Waals surface area contributed by atoms with Crippen LogP contribution in [0, 0.1) is 5.92 Å². The van der Waals surface area contributed by atoms with Crippen LogP contribution >= 0.6 is 0 Å². The van der Waals surface area contributed by atoms with Crippen molar-refractivity contribution in [2.45, 2.75) is 24.7 Å². The topological polar surface area (TPSA) is 110 Å². The van der Waals surface area contributed by atoms with Gasteiger partial charge in [-0.15, -0.1) is 0 Å². The van der Waals surface area contributed by atoms with Crippen LogP contribution < -0.4 is 5.73 Å². The standard InChI is InChI=1S/C11H14FN5O2/c12-7-5(2-18)1-6(9(7)19)17-4-16-8-10(13)14-3-15-11(8)17/h3-7,9,18-19H,1-2H2,(H2,13,14,15)/t5-,6-,7-,9+/m1/s1. The van der Waals surface area contributed by atoms with Crippen molar-refractivity contribution in [2.24, 2.45) is 5.92 Å². The van der Waals surface area contributed by atoms with E-state index in [1.165, 1.54) is 12.7 Å². The molecule has 1 aliphatic rings. The first-order valence-electron chi connectivity index (χ1n) is 5.99. The van der Waals surface area contributed by atoms with Gasteiger partial charge in [0.2, 0.25) is 0 Å². The molecule has 4 atom stereocenters. The number of aromatic nitrogens is 4. The molecule has 102 valence electrons. The Bertz CT molecular complexity index is 604. The van der Waals surface area contributed by atoms with Crippen molar-refractivity contribution in [3.05, 3.63) is 12.7 Å². The molecule has 0 radical (unpaired) electrons. The van der Waals surface area contributed by atoms with Crippen molar-refractivity contribution in [3.8, 4) is 0 Å². The first kappa shape index (κ1) is 12.2. The lowest BCUT2D eigenvalue weighted by molar-refractivity contribution is 0.0509. The molecule has 7 nitrogen and oxygen atoms in total. The average Bonchev–Trinajstić information content (AvgIpc) is 2.94. The summed E-state index contributed by atoms with van der Waals surface area (Å²) in [5.74, 6) is -0.330. The molecule has 19 heavy (non-hydrogen) atoms. The molecule has 2 heterocycles. The van der Waals surface area contributed by atoms with E-state index in [1.807, 2.05) is 0 Å². The van der Waals surface area contributed by atoms with Crippen LogP contribution in [0.3, 0.4) is 0 Å². The second-order valence-corrected chi connectivity index (χ2v) is 4.76. The van der Waals surface area contributed by atoms with Crippen molar-refractivity contribution in [3.63, 3.8) is 0 Å². The molecule has 3 rings (SSSR count). The number of alkyl halides is 1. The largest absolute Gasteiger partial charge is 0.396 e. The number of nitrogen functional groups attached to an aromatic ring is 1. The molecule has 1 fully saturated rings. The normalized spacial score (nSPS) is 31.1. The highest BCUT2D eigenvalue weighted by molar-refractivity contribution is 5.81. The van der Waals surface area contributed by atoms with Crippen LogP contribution in [0.15, 0.2) is 12.7 Å². The molecule has 0 amide bonds. The smallest absolute Gasteiger partial charge is 0.165 e. The number of rotatable bonds is 2. The van der Waals surface area contributed by atoms with E-state index in [0.29, 0.717) is 17.6 Å². The zero-order valence-electron chi connectivity index (χ0n) is 10.0. The van der Waals surface area contributed by atoms with Crippen molar-refractivity contribution >= 4 is 17.0 Å². The van der Waals surface area contributed by atoms with Crippen LogP contribution in [0.25, 0.3) is 11.2 Å². The van der Waals surface area contributed by atoms with Gasteiger partial charge in [0.25, 0.3) is 0 Å². The number of hydrogen-bond acceptors (Lipinski definition) is 6. The van der Waals surface area contributed by atoms with E-state index in [-0.39, 0.29) is 12.4 Å². The molecular formula is C11H14FN5O2. The molecule has 0 unspecified atom stereocenters. The van der Waals surface area contributed by atoms with Crippen LogP contribution in [-0.4, -0.2) is 48.6 Å². The SMILES string of the molecule is Nc1ncnc2c1ncn2[C@@H]1C[C@H](CO)[C@@H](F)[C@H]1O. The van der Waals surface area contributed by atoms with E-state index in [1.54, 1.807) is 4.57 Å². The maximum absolute atomic E-state index is 13.8. The van der Waals surface area contributed by atoms with Crippen LogP contribution in [0.1, 0.15) is 12.5 Å². The minimum Gasteiger partial charge on any atom is -0.396 e. The average molecular weight is 267 g/mol. The predicted molar refractivity (Wildman–Crippen MR) is 64.9 cm³/mol. The number of nitrogens with zero attached hydrogens (tertiary/aromatic N) is 4. The summed E-state index contributed by atoms with van der Waals surface area (Å²) in [6.45, 7) is -0.293. The molecule has 1 saturated carbocycles. The summed E-state index contributed by atoms with van der Waals surface area (Å²) in [7, 11) is 0. The number of fused-ring (bicyclic) bond motifs is 1. The van der Waals surface area contributed by atoms with E-state index in [0.717, 1.165) is 0 Å². The zero-order valence-corrected chi connectivity index (χ0v) is 10.0. The molecule has 0 spiro atoms. The fourth-order valence-electron chi connectivity index (χ4n) is 2.64. The van der Waals surface area contributed by atoms with Crippen LogP contribution in [0.5, 0.6) is 0 Å². The maximum atomic E-state index is 13.8. The Morgan fingerprint density at radius 2 is 2.21 bits per heavy atom. The second kappa shape index (κ2) is 4.39.